The van der Waals surface area contributed by atoms with Crippen LogP contribution in [0.4, 0.5) is 0 Å². The summed E-state index contributed by atoms with van der Waals surface area (Å²) >= 11 is 0. The molecule has 0 fully saturated rings. The number of nitrogens with two attached hydrogens (primary N) is 3. The predicted molar refractivity (Wildman–Crippen MR) is 169 cm³/mol. The number of aromatic amines is 1. The summed E-state index contributed by atoms with van der Waals surface area (Å²) in [5.74, 6) is -1.91. The number of carbonyl (C=O) groups is 4. The van der Waals surface area contributed by atoms with Gasteiger partial charge in [-0.15, -0.1) is 0 Å². The molecule has 1 heterocycles. The molecule has 43 heavy (non-hydrogen) atoms. The van der Waals surface area contributed by atoms with Crippen LogP contribution in [-0.4, -0.2) is 72.3 Å². The van der Waals surface area contributed by atoms with Crippen molar-refractivity contribution in [1.82, 2.24) is 26.3 Å². The number of H-pyrrole nitrogens is 1. The molecular formula is C30H49N9O4. The molecular weight excluding hydrogens is 550 g/mol. The lowest BCUT2D eigenvalue weighted by atomic mass is 9.99. The van der Waals surface area contributed by atoms with Crippen molar-refractivity contribution in [2.45, 2.75) is 84.0 Å². The third-order valence-electron chi connectivity index (χ3n) is 7.05. The standard InChI is InChI=1S/C30H49N9O4/c1-17(2)13-24(28(42)37-23(26(31)40)15-19-16-36-21-10-7-6-9-20(19)21)39-29(43)25(14-18(3)4)38-27(41)22(34-5)11-8-12-35-30(32)33/h6-7,9-10,16-18,22-25,34,36H,8,11-15H2,1-5H3,(H2,31,40)(H,37,42)(H,38,41)(H,39,43)(H4,32,33,35)/t22-,23-,24-,25?/m0/s1. The van der Waals surface area contributed by atoms with E-state index in [0.29, 0.717) is 32.2 Å². The van der Waals surface area contributed by atoms with Gasteiger partial charge in [-0.05, 0) is 56.2 Å². The summed E-state index contributed by atoms with van der Waals surface area (Å²) in [6.45, 7) is 8.12. The summed E-state index contributed by atoms with van der Waals surface area (Å²) < 4.78 is 0. The van der Waals surface area contributed by atoms with Crippen LogP contribution in [0.25, 0.3) is 10.9 Å². The number of amides is 4. The Hall–Kier alpha value is -4.13. The van der Waals surface area contributed by atoms with Gasteiger partial charge in [0.2, 0.25) is 23.6 Å². The monoisotopic (exact) mass is 599 g/mol. The van der Waals surface area contributed by atoms with Gasteiger partial charge in [0, 0.05) is 30.1 Å². The molecule has 11 N–H and O–H groups in total. The first kappa shape index (κ1) is 35.1. The van der Waals surface area contributed by atoms with Crippen LogP contribution in [0.15, 0.2) is 35.5 Å². The summed E-state index contributed by atoms with van der Waals surface area (Å²) in [5.41, 5.74) is 18.2. The third kappa shape index (κ3) is 11.6. The number of fused-ring (bicyclic) bond motifs is 1. The highest BCUT2D eigenvalue weighted by Crippen LogP contribution is 2.19. The van der Waals surface area contributed by atoms with Crippen molar-refractivity contribution < 1.29 is 19.2 Å². The van der Waals surface area contributed by atoms with Crippen LogP contribution in [0.5, 0.6) is 0 Å². The number of carbonyl (C=O) groups excluding carboxylic acids is 4. The first-order valence-electron chi connectivity index (χ1n) is 14.8. The highest BCUT2D eigenvalue weighted by Gasteiger charge is 2.31. The first-order chi connectivity index (χ1) is 20.3. The number of primary amides is 1. The van der Waals surface area contributed by atoms with Crippen LogP contribution in [0.2, 0.25) is 0 Å². The second-order valence-electron chi connectivity index (χ2n) is 11.7. The Morgan fingerprint density at radius 1 is 0.814 bits per heavy atom. The van der Waals surface area contributed by atoms with Crippen LogP contribution in [0.1, 0.15) is 58.9 Å². The van der Waals surface area contributed by atoms with E-state index in [4.69, 9.17) is 17.2 Å². The minimum absolute atomic E-state index is 0.0146. The van der Waals surface area contributed by atoms with Gasteiger partial charge in [-0.25, -0.2) is 0 Å². The highest BCUT2D eigenvalue weighted by atomic mass is 16.2. The lowest BCUT2D eigenvalue weighted by Crippen LogP contribution is -2.58. The molecule has 1 aromatic heterocycles. The lowest BCUT2D eigenvalue weighted by Gasteiger charge is -2.27. The molecule has 0 aliphatic rings. The minimum atomic E-state index is -0.986. The van der Waals surface area contributed by atoms with Crippen LogP contribution in [0, 0.1) is 11.8 Å². The number of guanidine groups is 1. The van der Waals surface area contributed by atoms with E-state index in [1.165, 1.54) is 0 Å². The van der Waals surface area contributed by atoms with Gasteiger partial charge in [0.25, 0.3) is 0 Å². The quantitative estimate of drug-likeness (QED) is 0.0683. The van der Waals surface area contributed by atoms with Crippen LogP contribution < -0.4 is 38.5 Å². The molecule has 2 aromatic rings. The summed E-state index contributed by atoms with van der Waals surface area (Å²) in [4.78, 5) is 59.5. The zero-order valence-electron chi connectivity index (χ0n) is 25.9. The molecule has 238 valence electrons. The maximum atomic E-state index is 13.5. The van der Waals surface area contributed by atoms with Gasteiger partial charge >= 0.3 is 0 Å². The number of aromatic nitrogens is 1. The summed E-state index contributed by atoms with van der Waals surface area (Å²) in [5, 5.41) is 12.3. The molecule has 1 unspecified atom stereocenters. The predicted octanol–water partition coefficient (Wildman–Crippen LogP) is 0.384. The van der Waals surface area contributed by atoms with Crippen molar-refractivity contribution in [3.05, 3.63) is 36.0 Å². The van der Waals surface area contributed by atoms with E-state index in [1.54, 1.807) is 13.2 Å². The van der Waals surface area contributed by atoms with Crippen molar-refractivity contribution in [2.75, 3.05) is 13.6 Å². The normalized spacial score (nSPS) is 14.1. The maximum absolute atomic E-state index is 13.5. The number of rotatable bonds is 18. The number of nitrogens with zero attached hydrogens (tertiary/aromatic N) is 1. The van der Waals surface area contributed by atoms with Crippen molar-refractivity contribution >= 4 is 40.5 Å². The summed E-state index contributed by atoms with van der Waals surface area (Å²) in [6, 6.07) is 4.27. The van der Waals surface area contributed by atoms with Gasteiger partial charge in [0.15, 0.2) is 5.96 Å². The molecule has 0 radical (unpaired) electrons. The van der Waals surface area contributed by atoms with E-state index < -0.39 is 41.9 Å². The lowest BCUT2D eigenvalue weighted by molar-refractivity contribution is -0.134. The smallest absolute Gasteiger partial charge is 0.243 e. The van der Waals surface area contributed by atoms with Crippen LogP contribution in [-0.2, 0) is 25.6 Å². The Bertz CT molecular complexity index is 1250. The molecule has 0 bridgehead atoms. The fourth-order valence-corrected chi connectivity index (χ4v) is 4.88. The molecule has 0 aliphatic carbocycles. The molecule has 13 heteroatoms. The van der Waals surface area contributed by atoms with E-state index in [-0.39, 0.29) is 30.1 Å². The number of benzene rings is 1. The second kappa shape index (κ2) is 17.1. The van der Waals surface area contributed by atoms with Crippen LogP contribution in [0.3, 0.4) is 0 Å². The fraction of sp³-hybridized carbons (Fsp3) is 0.567. The second-order valence-corrected chi connectivity index (χ2v) is 11.7. The number of hydrogen-bond acceptors (Lipinski definition) is 6. The van der Waals surface area contributed by atoms with E-state index in [2.05, 4.69) is 31.2 Å². The molecule has 0 saturated carbocycles. The third-order valence-corrected chi connectivity index (χ3v) is 7.05. The minimum Gasteiger partial charge on any atom is -0.370 e. The molecule has 1 aromatic carbocycles. The van der Waals surface area contributed by atoms with Crippen molar-refractivity contribution in [3.63, 3.8) is 0 Å². The molecule has 0 spiro atoms. The van der Waals surface area contributed by atoms with Gasteiger partial charge in [-0.2, -0.15) is 0 Å². The van der Waals surface area contributed by atoms with Crippen molar-refractivity contribution in [3.8, 4) is 0 Å². The number of para-hydroxylation sites is 1. The largest absolute Gasteiger partial charge is 0.370 e. The van der Waals surface area contributed by atoms with Crippen molar-refractivity contribution in [2.24, 2.45) is 34.0 Å². The van der Waals surface area contributed by atoms with Gasteiger partial charge in [-0.1, -0.05) is 45.9 Å². The van der Waals surface area contributed by atoms with Crippen LogP contribution >= 0.6 is 0 Å². The first-order valence-corrected chi connectivity index (χ1v) is 14.8. The fourth-order valence-electron chi connectivity index (χ4n) is 4.88. The molecule has 13 nitrogen and oxygen atoms in total. The molecule has 0 saturated heterocycles. The van der Waals surface area contributed by atoms with Crippen molar-refractivity contribution in [1.29, 1.82) is 0 Å². The average Bonchev–Trinajstić information content (AvgIpc) is 3.33. The number of aliphatic imine (C=N–C) groups is 1. The zero-order valence-corrected chi connectivity index (χ0v) is 25.9. The number of likely N-dealkylation sites (N-methyl/N-ethyl adjacent to an activating group) is 1. The SMILES string of the molecule is CN[C@@H](CCCN=C(N)N)C(=O)NC(CC(C)C)C(=O)N[C@@H](CC(C)C)C(=O)N[C@@H](Cc1c[nH]c2ccccc12)C(N)=O. The van der Waals surface area contributed by atoms with Gasteiger partial charge in [0.1, 0.15) is 18.1 Å². The Balaban J connectivity index is 2.15. The Labute approximate surface area is 253 Å². The summed E-state index contributed by atoms with van der Waals surface area (Å²) in [7, 11) is 1.66. The van der Waals surface area contributed by atoms with E-state index in [1.807, 2.05) is 52.0 Å². The topological polar surface area (TPSA) is 223 Å². The Morgan fingerprint density at radius 2 is 1.35 bits per heavy atom. The van der Waals surface area contributed by atoms with E-state index in [9.17, 15) is 19.2 Å². The van der Waals surface area contributed by atoms with E-state index in [0.717, 1.165) is 16.5 Å². The van der Waals surface area contributed by atoms with Gasteiger partial charge < -0.3 is 43.5 Å². The van der Waals surface area contributed by atoms with Gasteiger partial charge in [0.05, 0.1) is 6.04 Å². The zero-order chi connectivity index (χ0) is 32.1. The molecule has 0 aliphatic heterocycles. The average molecular weight is 600 g/mol. The molecule has 4 atom stereocenters. The Morgan fingerprint density at radius 3 is 1.86 bits per heavy atom. The highest BCUT2D eigenvalue weighted by molar-refractivity contribution is 5.95. The van der Waals surface area contributed by atoms with E-state index >= 15 is 0 Å². The number of hydrogen-bond donors (Lipinski definition) is 8. The number of nitrogens with one attached hydrogen (secondary N) is 5. The maximum Gasteiger partial charge on any atom is 0.243 e. The van der Waals surface area contributed by atoms with Gasteiger partial charge in [-0.3, -0.25) is 24.2 Å². The molecule has 4 amide bonds. The molecule has 2 rings (SSSR count). The summed E-state index contributed by atoms with van der Waals surface area (Å²) in [6.07, 6.45) is 3.68. The Kier molecular flexibility index (Phi) is 13.9.